The van der Waals surface area contributed by atoms with Crippen LogP contribution in [0.4, 0.5) is 0 Å². The van der Waals surface area contributed by atoms with Gasteiger partial charge < -0.3 is 14.2 Å². The van der Waals surface area contributed by atoms with Gasteiger partial charge in [-0.2, -0.15) is 0 Å². The molecule has 0 aromatic heterocycles. The average molecular weight is 464 g/mol. The molecular formula is C20H18Cl4O4. The Morgan fingerprint density at radius 3 is 2.07 bits per heavy atom. The van der Waals surface area contributed by atoms with Gasteiger partial charge in [0.05, 0.1) is 29.5 Å². The normalized spacial score (nSPS) is 11.0. The Hall–Kier alpha value is -1.59. The van der Waals surface area contributed by atoms with E-state index in [4.69, 9.17) is 60.6 Å². The first-order valence-electron chi connectivity index (χ1n) is 8.41. The lowest BCUT2D eigenvalue weighted by molar-refractivity contribution is 0.112. The molecule has 2 aromatic rings. The van der Waals surface area contributed by atoms with Gasteiger partial charge in [0.1, 0.15) is 22.6 Å². The third-order valence-corrected chi connectivity index (χ3v) is 4.32. The lowest BCUT2D eigenvalue weighted by Crippen LogP contribution is -2.03. The highest BCUT2D eigenvalue weighted by Gasteiger charge is 2.10. The van der Waals surface area contributed by atoms with Gasteiger partial charge >= 0.3 is 0 Å². The maximum Gasteiger partial charge on any atom is 0.156 e. The fourth-order valence-electron chi connectivity index (χ4n) is 2.13. The van der Waals surface area contributed by atoms with Gasteiger partial charge in [-0.3, -0.25) is 4.79 Å². The summed E-state index contributed by atoms with van der Waals surface area (Å²) >= 11 is 23.6. The van der Waals surface area contributed by atoms with Crippen molar-refractivity contribution in [3.05, 3.63) is 64.3 Å². The zero-order valence-electron chi connectivity index (χ0n) is 14.7. The molecule has 0 amide bonds. The van der Waals surface area contributed by atoms with Gasteiger partial charge in [0.25, 0.3) is 0 Å². The van der Waals surface area contributed by atoms with Crippen LogP contribution in [0.1, 0.15) is 23.2 Å². The average Bonchev–Trinajstić information content (AvgIpc) is 2.66. The molecule has 8 heteroatoms. The molecule has 0 spiro atoms. The number of hydrogen-bond acceptors (Lipinski definition) is 4. The lowest BCUT2D eigenvalue weighted by Gasteiger charge is -2.12. The van der Waals surface area contributed by atoms with E-state index in [0.717, 1.165) is 24.9 Å². The summed E-state index contributed by atoms with van der Waals surface area (Å²) in [6, 6.07) is 10.1. The molecule has 0 aliphatic carbocycles. The Morgan fingerprint density at radius 2 is 1.50 bits per heavy atom. The van der Waals surface area contributed by atoms with Gasteiger partial charge in [0.2, 0.25) is 0 Å². The molecule has 0 radical (unpaired) electrons. The summed E-state index contributed by atoms with van der Waals surface area (Å²) in [5.41, 5.74) is 0.615. The molecule has 0 saturated heterocycles. The monoisotopic (exact) mass is 462 g/mol. The van der Waals surface area contributed by atoms with Crippen LogP contribution in [-0.4, -0.2) is 24.3 Å². The molecule has 0 N–H and O–H groups in total. The second-order valence-corrected chi connectivity index (χ2v) is 7.57. The van der Waals surface area contributed by atoms with Gasteiger partial charge in [0.15, 0.2) is 5.75 Å². The molecule has 0 aliphatic rings. The van der Waals surface area contributed by atoms with Crippen LogP contribution in [0.3, 0.4) is 0 Å². The maximum absolute atomic E-state index is 10.6. The number of ether oxygens (including phenoxy) is 3. The summed E-state index contributed by atoms with van der Waals surface area (Å²) in [5, 5.41) is 0.687. The van der Waals surface area contributed by atoms with Gasteiger partial charge in [-0.25, -0.2) is 0 Å². The SMILES string of the molecule is O=Cc1ccc(OCCCCOc2c(Cl)cc(O/C=C/C(Cl)Cl)cc2Cl)cc1. The van der Waals surface area contributed by atoms with Crippen molar-refractivity contribution >= 4 is 52.7 Å². The van der Waals surface area contributed by atoms with Crippen molar-refractivity contribution in [2.24, 2.45) is 0 Å². The molecule has 150 valence electrons. The molecule has 0 heterocycles. The van der Waals surface area contributed by atoms with E-state index in [1.807, 2.05) is 0 Å². The second kappa shape index (κ2) is 12.1. The molecule has 0 unspecified atom stereocenters. The van der Waals surface area contributed by atoms with Crippen LogP contribution in [0.25, 0.3) is 0 Å². The third-order valence-electron chi connectivity index (χ3n) is 3.47. The Kier molecular flexibility index (Phi) is 9.79. The Morgan fingerprint density at radius 1 is 0.893 bits per heavy atom. The van der Waals surface area contributed by atoms with Crippen LogP contribution >= 0.6 is 46.4 Å². The molecule has 0 atom stereocenters. The minimum atomic E-state index is -0.659. The van der Waals surface area contributed by atoms with Gasteiger partial charge in [-0.1, -0.05) is 23.2 Å². The Bertz CT molecular complexity index is 768. The zero-order chi connectivity index (χ0) is 20.4. The molecule has 0 bridgehead atoms. The van der Waals surface area contributed by atoms with E-state index in [9.17, 15) is 4.79 Å². The van der Waals surface area contributed by atoms with Crippen LogP contribution in [0.15, 0.2) is 48.7 Å². The van der Waals surface area contributed by atoms with E-state index in [-0.39, 0.29) is 0 Å². The maximum atomic E-state index is 10.6. The summed E-state index contributed by atoms with van der Waals surface area (Å²) in [6.45, 7) is 0.972. The fraction of sp³-hybridized carbons (Fsp3) is 0.250. The molecule has 28 heavy (non-hydrogen) atoms. The predicted molar refractivity (Wildman–Crippen MR) is 114 cm³/mol. The number of unbranched alkanes of at least 4 members (excludes halogenated alkanes) is 1. The molecule has 2 aromatic carbocycles. The number of halogens is 4. The number of carbonyl (C=O) groups is 1. The first kappa shape index (κ1) is 22.7. The molecule has 0 fully saturated rings. The van der Waals surface area contributed by atoms with Gasteiger partial charge in [-0.05, 0) is 43.2 Å². The van der Waals surface area contributed by atoms with Crippen molar-refractivity contribution in [2.75, 3.05) is 13.2 Å². The van der Waals surface area contributed by atoms with Crippen LogP contribution in [0.5, 0.6) is 17.2 Å². The van der Waals surface area contributed by atoms with E-state index in [0.29, 0.717) is 40.3 Å². The minimum Gasteiger partial charge on any atom is -0.494 e. The molecule has 4 nitrogen and oxygen atoms in total. The van der Waals surface area contributed by atoms with E-state index in [1.165, 1.54) is 12.3 Å². The number of benzene rings is 2. The summed E-state index contributed by atoms with van der Waals surface area (Å²) < 4.78 is 16.6. The number of rotatable bonds is 11. The van der Waals surface area contributed by atoms with Gasteiger partial charge in [-0.15, -0.1) is 23.2 Å². The van der Waals surface area contributed by atoms with E-state index >= 15 is 0 Å². The summed E-state index contributed by atoms with van der Waals surface area (Å²) in [6.07, 6.45) is 5.16. The minimum absolute atomic E-state index is 0.343. The van der Waals surface area contributed by atoms with Gasteiger partial charge in [0, 0.05) is 17.7 Å². The highest BCUT2D eigenvalue weighted by Crippen LogP contribution is 2.37. The molecule has 2 rings (SSSR count). The van der Waals surface area contributed by atoms with E-state index in [1.54, 1.807) is 36.4 Å². The summed E-state index contributed by atoms with van der Waals surface area (Å²) in [7, 11) is 0. The predicted octanol–water partition coefficient (Wildman–Crippen LogP) is 6.74. The highest BCUT2D eigenvalue weighted by molar-refractivity contribution is 6.45. The zero-order valence-corrected chi connectivity index (χ0v) is 17.8. The smallest absolute Gasteiger partial charge is 0.156 e. The fourth-order valence-corrected chi connectivity index (χ4v) is 2.83. The molecule has 0 aliphatic heterocycles. The first-order chi connectivity index (χ1) is 13.5. The van der Waals surface area contributed by atoms with Crippen LogP contribution in [-0.2, 0) is 0 Å². The van der Waals surface area contributed by atoms with Crippen LogP contribution in [0.2, 0.25) is 10.0 Å². The highest BCUT2D eigenvalue weighted by atomic mass is 35.5. The third kappa shape index (κ3) is 7.80. The molecular weight excluding hydrogens is 446 g/mol. The topological polar surface area (TPSA) is 44.8 Å². The van der Waals surface area contributed by atoms with Crippen LogP contribution < -0.4 is 14.2 Å². The Labute approximate surface area is 183 Å². The van der Waals surface area contributed by atoms with Crippen molar-refractivity contribution in [2.45, 2.75) is 17.7 Å². The number of aldehydes is 1. The summed E-state index contributed by atoms with van der Waals surface area (Å²) in [4.78, 5) is 9.95. The van der Waals surface area contributed by atoms with E-state index in [2.05, 4.69) is 0 Å². The van der Waals surface area contributed by atoms with Crippen molar-refractivity contribution in [3.8, 4) is 17.2 Å². The van der Waals surface area contributed by atoms with Crippen molar-refractivity contribution < 1.29 is 19.0 Å². The van der Waals surface area contributed by atoms with Crippen molar-refractivity contribution in [3.63, 3.8) is 0 Å². The van der Waals surface area contributed by atoms with Crippen molar-refractivity contribution in [1.29, 1.82) is 0 Å². The first-order valence-corrected chi connectivity index (χ1v) is 10.0. The quantitative estimate of drug-likeness (QED) is 0.160. The van der Waals surface area contributed by atoms with Crippen molar-refractivity contribution in [1.82, 2.24) is 0 Å². The van der Waals surface area contributed by atoms with Crippen LogP contribution in [0, 0.1) is 0 Å². The molecule has 0 saturated carbocycles. The largest absolute Gasteiger partial charge is 0.494 e. The second-order valence-electron chi connectivity index (χ2n) is 5.59. The number of hydrogen-bond donors (Lipinski definition) is 0. The lowest BCUT2D eigenvalue weighted by atomic mass is 10.2. The number of carbonyl (C=O) groups excluding carboxylic acids is 1. The standard InChI is InChI=1S/C20H18Cl4O4/c21-17-11-16(27-10-7-19(23)24)12-18(22)20(17)28-9-2-1-8-26-15-5-3-14(13-25)4-6-15/h3-7,10-13,19H,1-2,8-9H2/b10-7+. The van der Waals surface area contributed by atoms with E-state index < -0.39 is 4.84 Å². The number of allylic oxidation sites excluding steroid dienone is 1. The Balaban J connectivity index is 1.73. The summed E-state index contributed by atoms with van der Waals surface area (Å²) in [5.74, 6) is 1.57. The number of alkyl halides is 2.